The van der Waals surface area contributed by atoms with E-state index in [1.807, 2.05) is 0 Å². The molecule has 0 saturated heterocycles. The maximum absolute atomic E-state index is 6.39. The van der Waals surface area contributed by atoms with Gasteiger partial charge in [0.05, 0.1) is 20.1 Å². The maximum atomic E-state index is 6.39. The standard InChI is InChI=1S/C25H12Cl8O4/c26-13-1-5-21(17(30)9-13)34-25(35-22-6-2-14(27)10-18(22)31,36-23-7-3-15(28)11-19(23)32)37-24-8-4-16(29)12-20(24)33/h1-12H. The maximum Gasteiger partial charge on any atom is 0.611 e. The lowest BCUT2D eigenvalue weighted by atomic mass is 10.3. The quantitative estimate of drug-likeness (QED) is 0.176. The van der Waals surface area contributed by atoms with Crippen molar-refractivity contribution < 1.29 is 18.9 Å². The molecular weight excluding hydrogens is 648 g/mol. The molecule has 0 unspecified atom stereocenters. The molecule has 4 aromatic carbocycles. The minimum atomic E-state index is -2.45. The van der Waals surface area contributed by atoms with E-state index in [0.717, 1.165) is 0 Å². The fourth-order valence-electron chi connectivity index (χ4n) is 2.90. The molecule has 192 valence electrons. The number of ether oxygens (including phenoxy) is 4. The second-order valence-corrected chi connectivity index (χ2v) is 10.6. The van der Waals surface area contributed by atoms with E-state index in [9.17, 15) is 0 Å². The molecule has 12 heteroatoms. The molecule has 4 aromatic rings. The van der Waals surface area contributed by atoms with Gasteiger partial charge in [0.2, 0.25) is 0 Å². The lowest BCUT2D eigenvalue weighted by Gasteiger charge is -2.33. The molecule has 0 fully saturated rings. The van der Waals surface area contributed by atoms with E-state index in [1.165, 1.54) is 48.5 Å². The first-order valence-corrected chi connectivity index (χ1v) is 13.1. The van der Waals surface area contributed by atoms with Crippen molar-refractivity contribution in [3.63, 3.8) is 0 Å². The first kappa shape index (κ1) is 28.4. The van der Waals surface area contributed by atoms with Crippen molar-refractivity contribution in [3.8, 4) is 23.0 Å². The third-order valence-corrected chi connectivity index (χ3v) is 6.64. The highest BCUT2D eigenvalue weighted by atomic mass is 35.5. The highest BCUT2D eigenvalue weighted by molar-refractivity contribution is 6.37. The van der Waals surface area contributed by atoms with Gasteiger partial charge in [0.25, 0.3) is 0 Å². The van der Waals surface area contributed by atoms with E-state index in [0.29, 0.717) is 20.1 Å². The molecule has 0 aliphatic carbocycles. The van der Waals surface area contributed by atoms with E-state index >= 15 is 0 Å². The molecule has 4 rings (SSSR count). The predicted molar refractivity (Wildman–Crippen MR) is 151 cm³/mol. The molecule has 0 bridgehead atoms. The van der Waals surface area contributed by atoms with E-state index < -0.39 is 6.16 Å². The van der Waals surface area contributed by atoms with Gasteiger partial charge >= 0.3 is 6.16 Å². The number of hydrogen-bond donors (Lipinski definition) is 0. The lowest BCUT2D eigenvalue weighted by molar-refractivity contribution is -0.367. The molecule has 4 nitrogen and oxygen atoms in total. The molecule has 0 spiro atoms. The summed E-state index contributed by atoms with van der Waals surface area (Å²) < 4.78 is 24.5. The summed E-state index contributed by atoms with van der Waals surface area (Å²) in [5.41, 5.74) is 0. The van der Waals surface area contributed by atoms with Gasteiger partial charge in [0, 0.05) is 20.1 Å². The first-order valence-electron chi connectivity index (χ1n) is 10.1. The zero-order chi connectivity index (χ0) is 26.7. The summed E-state index contributed by atoms with van der Waals surface area (Å²) in [6, 6.07) is 18.0. The summed E-state index contributed by atoms with van der Waals surface area (Å²) in [5, 5.41) is 1.97. The number of rotatable bonds is 8. The Kier molecular flexibility index (Phi) is 9.26. The Labute approximate surface area is 252 Å². The van der Waals surface area contributed by atoms with E-state index in [1.54, 1.807) is 24.3 Å². The highest BCUT2D eigenvalue weighted by Crippen LogP contribution is 2.40. The van der Waals surface area contributed by atoms with E-state index in [-0.39, 0.29) is 43.1 Å². The smallest absolute Gasteiger partial charge is 0.384 e. The Morgan fingerprint density at radius 2 is 0.568 bits per heavy atom. The third kappa shape index (κ3) is 7.29. The molecule has 0 N–H and O–H groups in total. The topological polar surface area (TPSA) is 36.9 Å². The highest BCUT2D eigenvalue weighted by Gasteiger charge is 2.46. The van der Waals surface area contributed by atoms with Crippen LogP contribution in [0.1, 0.15) is 0 Å². The Morgan fingerprint density at radius 1 is 0.351 bits per heavy atom. The monoisotopic (exact) mass is 656 g/mol. The van der Waals surface area contributed by atoms with Crippen LogP contribution in [-0.2, 0) is 0 Å². The SMILES string of the molecule is Clc1ccc(OC(Oc2ccc(Cl)cc2Cl)(Oc2ccc(Cl)cc2Cl)Oc2ccc(Cl)cc2Cl)c(Cl)c1. The Hall–Kier alpha value is -1.60. The van der Waals surface area contributed by atoms with Crippen LogP contribution in [0.2, 0.25) is 40.2 Å². The van der Waals surface area contributed by atoms with Crippen LogP contribution >= 0.6 is 92.8 Å². The molecule has 0 saturated carbocycles. The van der Waals surface area contributed by atoms with Crippen molar-refractivity contribution in [1.82, 2.24) is 0 Å². The van der Waals surface area contributed by atoms with Crippen molar-refractivity contribution in [2.75, 3.05) is 0 Å². The second-order valence-electron chi connectivity index (χ2n) is 7.21. The molecule has 0 aliphatic heterocycles. The summed E-state index contributed by atoms with van der Waals surface area (Å²) in [6.45, 7) is 0. The summed E-state index contributed by atoms with van der Waals surface area (Å²) >= 11 is 49.8. The zero-order valence-electron chi connectivity index (χ0n) is 18.1. The van der Waals surface area contributed by atoms with Crippen LogP contribution in [0.3, 0.4) is 0 Å². The Morgan fingerprint density at radius 3 is 0.757 bits per heavy atom. The van der Waals surface area contributed by atoms with E-state index in [2.05, 4.69) is 0 Å². The van der Waals surface area contributed by atoms with Gasteiger partial charge < -0.3 is 18.9 Å². The van der Waals surface area contributed by atoms with Gasteiger partial charge in [-0.25, -0.2) is 0 Å². The molecular formula is C25H12Cl8O4. The Bertz CT molecular complexity index is 1230. The van der Waals surface area contributed by atoms with Gasteiger partial charge in [0.15, 0.2) is 23.0 Å². The zero-order valence-corrected chi connectivity index (χ0v) is 24.1. The van der Waals surface area contributed by atoms with Crippen molar-refractivity contribution in [1.29, 1.82) is 0 Å². The first-order chi connectivity index (χ1) is 17.5. The summed E-state index contributed by atoms with van der Waals surface area (Å²) in [7, 11) is 0. The van der Waals surface area contributed by atoms with Crippen LogP contribution < -0.4 is 18.9 Å². The molecule has 0 radical (unpaired) electrons. The molecule has 0 aromatic heterocycles. The fourth-order valence-corrected chi connectivity index (χ4v) is 4.68. The van der Waals surface area contributed by atoms with E-state index in [4.69, 9.17) is 112 Å². The van der Waals surface area contributed by atoms with Gasteiger partial charge in [-0.2, -0.15) is 0 Å². The largest absolute Gasteiger partial charge is 0.611 e. The lowest BCUT2D eigenvalue weighted by Crippen LogP contribution is -2.53. The van der Waals surface area contributed by atoms with Crippen LogP contribution in [0, 0.1) is 0 Å². The predicted octanol–water partition coefficient (Wildman–Crippen LogP) is 11.1. The Balaban J connectivity index is 1.89. The minimum absolute atomic E-state index is 0.0753. The van der Waals surface area contributed by atoms with Crippen molar-refractivity contribution >= 4 is 92.8 Å². The van der Waals surface area contributed by atoms with Crippen molar-refractivity contribution in [2.45, 2.75) is 6.16 Å². The fraction of sp³-hybridized carbons (Fsp3) is 0.0400. The van der Waals surface area contributed by atoms with Crippen LogP contribution in [-0.4, -0.2) is 6.16 Å². The van der Waals surface area contributed by atoms with Crippen LogP contribution in [0.4, 0.5) is 0 Å². The van der Waals surface area contributed by atoms with Gasteiger partial charge in [0.1, 0.15) is 0 Å². The normalized spacial score (nSPS) is 11.2. The van der Waals surface area contributed by atoms with Gasteiger partial charge in [-0.1, -0.05) is 92.8 Å². The average Bonchev–Trinajstić information content (AvgIpc) is 2.82. The van der Waals surface area contributed by atoms with Crippen molar-refractivity contribution in [3.05, 3.63) is 113 Å². The summed E-state index contributed by atoms with van der Waals surface area (Å²) in [4.78, 5) is 0. The number of halogens is 8. The molecule has 0 heterocycles. The van der Waals surface area contributed by atoms with Crippen LogP contribution in [0.15, 0.2) is 72.8 Å². The van der Waals surface area contributed by atoms with Gasteiger partial charge in [-0.3, -0.25) is 0 Å². The van der Waals surface area contributed by atoms with Crippen molar-refractivity contribution in [2.24, 2.45) is 0 Å². The average molecular weight is 660 g/mol. The summed E-state index contributed by atoms with van der Waals surface area (Å²) in [6.07, 6.45) is -2.45. The van der Waals surface area contributed by atoms with Crippen LogP contribution in [0.5, 0.6) is 23.0 Å². The molecule has 0 amide bonds. The van der Waals surface area contributed by atoms with Gasteiger partial charge in [-0.15, -0.1) is 0 Å². The van der Waals surface area contributed by atoms with Crippen LogP contribution in [0.25, 0.3) is 0 Å². The summed E-state index contributed by atoms with van der Waals surface area (Å²) in [5.74, 6) is 0.301. The number of hydrogen-bond acceptors (Lipinski definition) is 4. The molecule has 37 heavy (non-hydrogen) atoms. The number of benzene rings is 4. The second kappa shape index (κ2) is 12.1. The molecule has 0 aliphatic rings. The molecule has 0 atom stereocenters. The van der Waals surface area contributed by atoms with Gasteiger partial charge in [-0.05, 0) is 72.8 Å². The third-order valence-electron chi connectivity index (χ3n) is 4.52. The minimum Gasteiger partial charge on any atom is -0.384 e.